The van der Waals surface area contributed by atoms with Gasteiger partial charge in [-0.1, -0.05) is 139 Å². The largest absolute Gasteiger partial charge is 0.391 e. The van der Waals surface area contributed by atoms with Gasteiger partial charge >= 0.3 is 0 Å². The summed E-state index contributed by atoms with van der Waals surface area (Å²) in [5.74, 6) is 1.24. The minimum absolute atomic E-state index is 0.0121. The zero-order chi connectivity index (χ0) is 29.7. The lowest BCUT2D eigenvalue weighted by Crippen LogP contribution is -2.51. The van der Waals surface area contributed by atoms with Gasteiger partial charge in [-0.2, -0.15) is 0 Å². The van der Waals surface area contributed by atoms with Gasteiger partial charge in [0.15, 0.2) is 0 Å². The molecule has 2 aromatic carbocycles. The van der Waals surface area contributed by atoms with Crippen molar-refractivity contribution < 1.29 is 9.90 Å². The second kappa shape index (κ2) is 17.2. The highest BCUT2D eigenvalue weighted by molar-refractivity contribution is 5.82. The molecule has 0 saturated heterocycles. The number of hydrogen-bond acceptors (Lipinski definition) is 4. The number of rotatable bonds is 15. The number of amides is 1. The normalized spacial score (nSPS) is 19.9. The lowest BCUT2D eigenvalue weighted by molar-refractivity contribution is -0.124. The van der Waals surface area contributed by atoms with E-state index in [4.69, 9.17) is 5.73 Å². The molecule has 0 aliphatic heterocycles. The molecule has 4 N–H and O–H groups in total. The van der Waals surface area contributed by atoms with Gasteiger partial charge in [0.25, 0.3) is 0 Å². The Balaban J connectivity index is 1.59. The molecule has 2 aliphatic rings. The van der Waals surface area contributed by atoms with Crippen LogP contribution in [0.15, 0.2) is 60.7 Å². The van der Waals surface area contributed by atoms with E-state index in [1.54, 1.807) is 0 Å². The summed E-state index contributed by atoms with van der Waals surface area (Å²) < 4.78 is 0. The Bertz CT molecular complexity index is 976. The van der Waals surface area contributed by atoms with Crippen molar-refractivity contribution in [3.8, 4) is 0 Å². The van der Waals surface area contributed by atoms with Crippen molar-refractivity contribution in [2.45, 2.75) is 135 Å². The van der Waals surface area contributed by atoms with E-state index < -0.39 is 12.1 Å². The van der Waals surface area contributed by atoms with Gasteiger partial charge in [0.1, 0.15) is 0 Å². The smallest absolute Gasteiger partial charge is 0.237 e. The fraction of sp³-hybridized carbons (Fsp3) is 0.649. The van der Waals surface area contributed by atoms with E-state index in [0.717, 1.165) is 25.9 Å². The average Bonchev–Trinajstić information content (AvgIpc) is 3.01. The van der Waals surface area contributed by atoms with E-state index in [9.17, 15) is 9.90 Å². The number of aliphatic hydroxyl groups is 1. The Labute approximate surface area is 255 Å². The van der Waals surface area contributed by atoms with Crippen LogP contribution >= 0.6 is 0 Å². The minimum atomic E-state index is -0.538. The summed E-state index contributed by atoms with van der Waals surface area (Å²) in [5, 5.41) is 15.5. The molecule has 0 aromatic heterocycles. The monoisotopic (exact) mass is 575 g/mol. The van der Waals surface area contributed by atoms with E-state index in [1.807, 2.05) is 13.8 Å². The number of nitrogens with one attached hydrogen (secondary N) is 1. The molecule has 0 radical (unpaired) electrons. The molecular formula is C37H57N3O2. The second-order valence-corrected chi connectivity index (χ2v) is 13.7. The number of carbonyl (C=O) groups excluding carboxylic acids is 1. The molecule has 2 aliphatic carbocycles. The van der Waals surface area contributed by atoms with Crippen molar-refractivity contribution in [3.63, 3.8) is 0 Å². The van der Waals surface area contributed by atoms with Crippen molar-refractivity contribution in [2.75, 3.05) is 0 Å². The highest BCUT2D eigenvalue weighted by Gasteiger charge is 2.33. The molecule has 2 saturated carbocycles. The number of benzene rings is 2. The maximum atomic E-state index is 13.2. The molecule has 2 aromatic rings. The Morgan fingerprint density at radius 1 is 0.810 bits per heavy atom. The van der Waals surface area contributed by atoms with Crippen LogP contribution in [0.25, 0.3) is 0 Å². The number of carbonyl (C=O) groups is 1. The highest BCUT2D eigenvalue weighted by Crippen LogP contribution is 2.33. The topological polar surface area (TPSA) is 78.6 Å². The first-order valence-corrected chi connectivity index (χ1v) is 16.9. The summed E-state index contributed by atoms with van der Waals surface area (Å²) in [6, 6.07) is 20.8. The summed E-state index contributed by atoms with van der Waals surface area (Å²) >= 11 is 0. The molecule has 0 bridgehead atoms. The summed E-state index contributed by atoms with van der Waals surface area (Å²) in [5.41, 5.74) is 8.83. The second-order valence-electron chi connectivity index (χ2n) is 13.7. The fourth-order valence-corrected chi connectivity index (χ4v) is 7.33. The standard InChI is InChI=1S/C37H57N3O2/c1-28(2)36(38)37(42)39-33(23-29-15-7-3-8-16-29)25-35(41)34(24-30-17-9-4-10-18-30)40(26-31-19-11-5-12-20-31)27-32-21-13-6-14-22-32/h5-6,11-14,19-22,28-30,33-36,41H,3-4,7-10,15-18,23-27,38H2,1-2H3,(H,39,42). The number of hydrogen-bond donors (Lipinski definition) is 3. The van der Waals surface area contributed by atoms with Gasteiger partial charge in [-0.25, -0.2) is 0 Å². The molecule has 5 heteroatoms. The third-order valence-corrected chi connectivity index (χ3v) is 9.91. The van der Waals surface area contributed by atoms with E-state index in [-0.39, 0.29) is 23.9 Å². The summed E-state index contributed by atoms with van der Waals surface area (Å²) in [4.78, 5) is 15.7. The van der Waals surface area contributed by atoms with Crippen LogP contribution < -0.4 is 11.1 Å². The van der Waals surface area contributed by atoms with Crippen LogP contribution in [0, 0.1) is 17.8 Å². The average molecular weight is 576 g/mol. The Morgan fingerprint density at radius 2 is 1.29 bits per heavy atom. The molecule has 4 atom stereocenters. The van der Waals surface area contributed by atoms with Crippen molar-refractivity contribution in [3.05, 3.63) is 71.8 Å². The third-order valence-electron chi connectivity index (χ3n) is 9.91. The van der Waals surface area contributed by atoms with Crippen molar-refractivity contribution in [1.82, 2.24) is 10.2 Å². The van der Waals surface area contributed by atoms with Crippen molar-refractivity contribution in [1.29, 1.82) is 0 Å². The van der Waals surface area contributed by atoms with E-state index in [2.05, 4.69) is 70.9 Å². The maximum absolute atomic E-state index is 13.2. The van der Waals surface area contributed by atoms with Gasteiger partial charge < -0.3 is 16.2 Å². The molecule has 4 unspecified atom stereocenters. The van der Waals surface area contributed by atoms with Gasteiger partial charge in [-0.3, -0.25) is 9.69 Å². The number of nitrogens with two attached hydrogens (primary N) is 1. The fourth-order valence-electron chi connectivity index (χ4n) is 7.33. The molecule has 5 nitrogen and oxygen atoms in total. The molecule has 1 amide bonds. The Hall–Kier alpha value is -2.21. The van der Waals surface area contributed by atoms with Crippen LogP contribution in [0.3, 0.4) is 0 Å². The molecule has 232 valence electrons. The summed E-state index contributed by atoms with van der Waals surface area (Å²) in [7, 11) is 0. The van der Waals surface area contributed by atoms with E-state index >= 15 is 0 Å². The minimum Gasteiger partial charge on any atom is -0.391 e. The van der Waals surface area contributed by atoms with Crippen LogP contribution in [0.1, 0.15) is 108 Å². The zero-order valence-electron chi connectivity index (χ0n) is 26.3. The van der Waals surface area contributed by atoms with Crippen molar-refractivity contribution >= 4 is 5.91 Å². The first-order chi connectivity index (χ1) is 20.4. The molecule has 2 fully saturated rings. The molecule has 4 rings (SSSR count). The SMILES string of the molecule is CC(C)C(N)C(=O)NC(CC1CCCCC1)CC(O)C(CC1CCCCC1)N(Cc1ccccc1)Cc1ccccc1. The number of nitrogens with zero attached hydrogens (tertiary/aromatic N) is 1. The van der Waals surface area contributed by atoms with Crippen LogP contribution in [0.2, 0.25) is 0 Å². The molecule has 0 spiro atoms. The van der Waals surface area contributed by atoms with Gasteiger partial charge in [0.2, 0.25) is 5.91 Å². The number of aliphatic hydroxyl groups excluding tert-OH is 1. The van der Waals surface area contributed by atoms with Crippen LogP contribution in [0.5, 0.6) is 0 Å². The maximum Gasteiger partial charge on any atom is 0.237 e. The van der Waals surface area contributed by atoms with Crippen LogP contribution in [0.4, 0.5) is 0 Å². The zero-order valence-corrected chi connectivity index (χ0v) is 26.3. The predicted molar refractivity (Wildman–Crippen MR) is 174 cm³/mol. The van der Waals surface area contributed by atoms with E-state index in [0.29, 0.717) is 18.3 Å². The van der Waals surface area contributed by atoms with Gasteiger partial charge in [-0.05, 0) is 48.1 Å². The van der Waals surface area contributed by atoms with E-state index in [1.165, 1.54) is 75.3 Å². The van der Waals surface area contributed by atoms with Gasteiger partial charge in [-0.15, -0.1) is 0 Å². The van der Waals surface area contributed by atoms with Gasteiger partial charge in [0.05, 0.1) is 12.1 Å². The van der Waals surface area contributed by atoms with Crippen LogP contribution in [-0.4, -0.2) is 40.1 Å². The first kappa shape index (κ1) is 32.7. The van der Waals surface area contributed by atoms with Crippen LogP contribution in [-0.2, 0) is 17.9 Å². The van der Waals surface area contributed by atoms with Crippen molar-refractivity contribution in [2.24, 2.45) is 23.5 Å². The summed E-state index contributed by atoms with van der Waals surface area (Å²) in [6.45, 7) is 5.59. The Kier molecular flexibility index (Phi) is 13.4. The quantitative estimate of drug-likeness (QED) is 0.210. The first-order valence-electron chi connectivity index (χ1n) is 16.9. The lowest BCUT2D eigenvalue weighted by atomic mass is 9.80. The third kappa shape index (κ3) is 10.5. The lowest BCUT2D eigenvalue weighted by Gasteiger charge is -2.39. The molecule has 42 heavy (non-hydrogen) atoms. The predicted octanol–water partition coefficient (Wildman–Crippen LogP) is 7.22. The van der Waals surface area contributed by atoms with Gasteiger partial charge in [0, 0.05) is 25.2 Å². The Morgan fingerprint density at radius 3 is 1.76 bits per heavy atom. The molecular weight excluding hydrogens is 518 g/mol. The summed E-state index contributed by atoms with van der Waals surface area (Å²) in [6.07, 6.45) is 14.7. The molecule has 0 heterocycles. The highest BCUT2D eigenvalue weighted by atomic mass is 16.3.